The lowest BCUT2D eigenvalue weighted by Gasteiger charge is -2.17. The van der Waals surface area contributed by atoms with Gasteiger partial charge in [-0.25, -0.2) is 0 Å². The first-order valence-corrected chi connectivity index (χ1v) is 7.00. The summed E-state index contributed by atoms with van der Waals surface area (Å²) in [5.41, 5.74) is 1.03. The molecule has 5 heteroatoms. The van der Waals surface area contributed by atoms with Crippen molar-refractivity contribution in [1.29, 1.82) is 0 Å². The van der Waals surface area contributed by atoms with Crippen LogP contribution in [0.4, 0.5) is 5.69 Å². The van der Waals surface area contributed by atoms with E-state index in [0.717, 1.165) is 5.69 Å². The summed E-state index contributed by atoms with van der Waals surface area (Å²) in [6.07, 6.45) is 2.05. The number of nitrogens with one attached hydrogen (secondary N) is 2. The van der Waals surface area contributed by atoms with Gasteiger partial charge in [-0.15, -0.1) is 11.8 Å². The average molecular weight is 270 g/mol. The third kappa shape index (κ3) is 4.93. The van der Waals surface area contributed by atoms with Crippen LogP contribution in [0.2, 0.25) is 0 Å². The third-order valence-corrected chi connectivity index (χ3v) is 3.17. The van der Waals surface area contributed by atoms with Crippen molar-refractivity contribution in [2.45, 2.75) is 17.9 Å². The summed E-state index contributed by atoms with van der Waals surface area (Å²) in [6.45, 7) is 2.66. The lowest BCUT2D eigenvalue weighted by Crippen LogP contribution is -2.38. The molecule has 3 nitrogen and oxygen atoms in total. The van der Waals surface area contributed by atoms with E-state index in [1.54, 1.807) is 18.9 Å². The second-order valence-corrected chi connectivity index (χ2v) is 4.91. The Morgan fingerprint density at radius 2 is 2.18 bits per heavy atom. The fourth-order valence-electron chi connectivity index (χ4n) is 1.42. The molecule has 1 rings (SSSR count). The van der Waals surface area contributed by atoms with Crippen LogP contribution in [0.3, 0.4) is 0 Å². The molecule has 0 aliphatic rings. The minimum atomic E-state index is 0.196. The number of thioether (sulfide) groups is 1. The van der Waals surface area contributed by atoms with Crippen molar-refractivity contribution in [2.75, 3.05) is 25.3 Å². The van der Waals surface area contributed by atoms with Crippen LogP contribution >= 0.6 is 24.0 Å². The Hall–Kier alpha value is -0.780. The van der Waals surface area contributed by atoms with Crippen molar-refractivity contribution in [1.82, 2.24) is 5.32 Å². The maximum atomic E-state index is 5.25. The monoisotopic (exact) mass is 270 g/mol. The van der Waals surface area contributed by atoms with Crippen LogP contribution < -0.4 is 10.6 Å². The van der Waals surface area contributed by atoms with E-state index in [-0.39, 0.29) is 6.04 Å². The van der Waals surface area contributed by atoms with E-state index in [1.807, 2.05) is 31.4 Å². The number of ether oxygens (including phenoxy) is 1. The number of para-hydroxylation sites is 1. The molecular formula is C12H18N2OS2. The molecule has 0 aliphatic carbocycles. The number of thiocarbonyl (C=S) groups is 1. The van der Waals surface area contributed by atoms with Crippen molar-refractivity contribution in [3.05, 3.63) is 24.3 Å². The molecule has 0 bridgehead atoms. The molecule has 0 radical (unpaired) electrons. The van der Waals surface area contributed by atoms with Crippen molar-refractivity contribution >= 4 is 34.8 Å². The molecule has 2 N–H and O–H groups in total. The van der Waals surface area contributed by atoms with E-state index in [2.05, 4.69) is 16.7 Å². The molecule has 0 saturated carbocycles. The summed E-state index contributed by atoms with van der Waals surface area (Å²) >= 11 is 6.94. The second-order valence-electron chi connectivity index (χ2n) is 3.66. The molecule has 1 aromatic rings. The molecule has 0 fully saturated rings. The Morgan fingerprint density at radius 1 is 1.47 bits per heavy atom. The second kappa shape index (κ2) is 7.53. The van der Waals surface area contributed by atoms with Crippen molar-refractivity contribution in [3.63, 3.8) is 0 Å². The first kappa shape index (κ1) is 14.3. The molecule has 1 unspecified atom stereocenters. The van der Waals surface area contributed by atoms with Gasteiger partial charge in [0, 0.05) is 18.0 Å². The molecule has 94 valence electrons. The van der Waals surface area contributed by atoms with Gasteiger partial charge < -0.3 is 15.4 Å². The van der Waals surface area contributed by atoms with E-state index < -0.39 is 0 Å². The van der Waals surface area contributed by atoms with Crippen LogP contribution in [0.5, 0.6) is 0 Å². The first-order valence-electron chi connectivity index (χ1n) is 5.37. The molecule has 1 atom stereocenters. The zero-order chi connectivity index (χ0) is 12.7. The van der Waals surface area contributed by atoms with Gasteiger partial charge in [0.25, 0.3) is 0 Å². The van der Waals surface area contributed by atoms with E-state index in [4.69, 9.17) is 17.0 Å². The summed E-state index contributed by atoms with van der Waals surface area (Å²) in [6, 6.07) is 8.28. The van der Waals surface area contributed by atoms with Crippen LogP contribution in [-0.4, -0.2) is 31.1 Å². The topological polar surface area (TPSA) is 33.3 Å². The van der Waals surface area contributed by atoms with E-state index in [0.29, 0.717) is 11.7 Å². The van der Waals surface area contributed by atoms with Crippen molar-refractivity contribution in [3.8, 4) is 0 Å². The van der Waals surface area contributed by atoms with E-state index in [9.17, 15) is 0 Å². The zero-order valence-electron chi connectivity index (χ0n) is 10.3. The highest BCUT2D eigenvalue weighted by molar-refractivity contribution is 7.98. The molecule has 0 spiro atoms. The lowest BCUT2D eigenvalue weighted by atomic mass is 10.3. The van der Waals surface area contributed by atoms with Gasteiger partial charge in [-0.3, -0.25) is 0 Å². The number of benzene rings is 1. The zero-order valence-corrected chi connectivity index (χ0v) is 12.0. The highest BCUT2D eigenvalue weighted by Crippen LogP contribution is 2.24. The summed E-state index contributed by atoms with van der Waals surface area (Å²) < 4.78 is 5.05. The van der Waals surface area contributed by atoms with Crippen LogP contribution in [0.15, 0.2) is 29.2 Å². The molecule has 1 aromatic carbocycles. The molecular weight excluding hydrogens is 252 g/mol. The molecule has 0 saturated heterocycles. The van der Waals surface area contributed by atoms with Crippen molar-refractivity contribution < 1.29 is 4.74 Å². The van der Waals surface area contributed by atoms with Gasteiger partial charge in [-0.05, 0) is 37.5 Å². The molecule has 17 heavy (non-hydrogen) atoms. The highest BCUT2D eigenvalue weighted by atomic mass is 32.2. The fraction of sp³-hybridized carbons (Fsp3) is 0.417. The van der Waals surface area contributed by atoms with E-state index >= 15 is 0 Å². The summed E-state index contributed by atoms with van der Waals surface area (Å²) in [4.78, 5) is 1.18. The van der Waals surface area contributed by atoms with Crippen LogP contribution in [-0.2, 0) is 4.74 Å². The third-order valence-electron chi connectivity index (χ3n) is 2.15. The standard InChI is InChI=1S/C12H18N2OS2/c1-9(8-15-2)13-12(16)14-10-6-4-5-7-11(10)17-3/h4-7,9H,8H2,1-3H3,(H2,13,14,16). The Kier molecular flexibility index (Phi) is 6.32. The van der Waals surface area contributed by atoms with Crippen LogP contribution in [0.25, 0.3) is 0 Å². The number of hydrogen-bond acceptors (Lipinski definition) is 3. The SMILES string of the molecule is COCC(C)NC(=S)Nc1ccccc1SC. The average Bonchev–Trinajstić information content (AvgIpc) is 2.29. The highest BCUT2D eigenvalue weighted by Gasteiger charge is 2.05. The minimum Gasteiger partial charge on any atom is -0.383 e. The van der Waals surface area contributed by atoms with Gasteiger partial charge in [0.15, 0.2) is 5.11 Å². The van der Waals surface area contributed by atoms with Gasteiger partial charge in [-0.1, -0.05) is 12.1 Å². The normalized spacial score (nSPS) is 11.9. The summed E-state index contributed by atoms with van der Waals surface area (Å²) in [7, 11) is 1.68. The fourth-order valence-corrected chi connectivity index (χ4v) is 2.29. The minimum absolute atomic E-state index is 0.196. The Morgan fingerprint density at radius 3 is 2.82 bits per heavy atom. The van der Waals surface area contributed by atoms with Gasteiger partial charge in [0.05, 0.1) is 12.3 Å². The van der Waals surface area contributed by atoms with Gasteiger partial charge in [0.1, 0.15) is 0 Å². The van der Waals surface area contributed by atoms with Crippen LogP contribution in [0.1, 0.15) is 6.92 Å². The number of rotatable bonds is 5. The Bertz CT molecular complexity index is 371. The number of hydrogen-bond donors (Lipinski definition) is 2. The quantitative estimate of drug-likeness (QED) is 0.635. The largest absolute Gasteiger partial charge is 0.383 e. The Balaban J connectivity index is 2.55. The maximum absolute atomic E-state index is 5.25. The van der Waals surface area contributed by atoms with E-state index in [1.165, 1.54) is 4.90 Å². The van der Waals surface area contributed by atoms with Gasteiger partial charge >= 0.3 is 0 Å². The number of anilines is 1. The predicted molar refractivity (Wildman–Crippen MR) is 78.9 cm³/mol. The number of methoxy groups -OCH3 is 1. The lowest BCUT2D eigenvalue weighted by molar-refractivity contribution is 0.179. The predicted octanol–water partition coefficient (Wildman–Crippen LogP) is 2.73. The Labute approximate surface area is 112 Å². The molecule has 0 heterocycles. The summed E-state index contributed by atoms with van der Waals surface area (Å²) in [5.74, 6) is 0. The molecule has 0 aliphatic heterocycles. The summed E-state index contributed by atoms with van der Waals surface area (Å²) in [5, 5.41) is 6.98. The smallest absolute Gasteiger partial charge is 0.171 e. The van der Waals surface area contributed by atoms with Crippen LogP contribution in [0, 0.1) is 0 Å². The first-order chi connectivity index (χ1) is 8.17. The van der Waals surface area contributed by atoms with Gasteiger partial charge in [0.2, 0.25) is 0 Å². The molecule has 0 amide bonds. The molecule has 0 aromatic heterocycles. The van der Waals surface area contributed by atoms with Crippen molar-refractivity contribution in [2.24, 2.45) is 0 Å². The van der Waals surface area contributed by atoms with Gasteiger partial charge in [-0.2, -0.15) is 0 Å². The maximum Gasteiger partial charge on any atom is 0.171 e.